The molecule has 0 fully saturated rings. The van der Waals surface area contributed by atoms with E-state index in [4.69, 9.17) is 0 Å². The molecule has 0 aliphatic heterocycles. The molecule has 0 heterocycles. The number of carbonyl (C=O) groups is 2. The largest absolute Gasteiger partial charge is 0.463 e. The van der Waals surface area contributed by atoms with Crippen LogP contribution in [0.5, 0.6) is 0 Å². The van der Waals surface area contributed by atoms with E-state index in [0.717, 1.165) is 7.11 Å². The molecule has 0 atom stereocenters. The van der Waals surface area contributed by atoms with E-state index in [9.17, 15) is 9.59 Å². The summed E-state index contributed by atoms with van der Waals surface area (Å²) in [6.45, 7) is 0. The molecule has 0 N–H and O–H groups in total. The van der Waals surface area contributed by atoms with Gasteiger partial charge in [-0.15, -0.1) is 0 Å². The molecule has 3 nitrogen and oxygen atoms in total. The quantitative estimate of drug-likeness (QED) is 0.315. The van der Waals surface area contributed by atoms with E-state index in [-0.39, 0.29) is 0 Å². The van der Waals surface area contributed by atoms with Crippen LogP contribution >= 0.6 is 15.9 Å². The van der Waals surface area contributed by atoms with Crippen molar-refractivity contribution in [1.82, 2.24) is 0 Å². The minimum absolute atomic E-state index is 0.755. The van der Waals surface area contributed by atoms with Gasteiger partial charge in [-0.3, -0.25) is 4.79 Å². The zero-order valence-electron chi connectivity index (χ0n) is 3.60. The van der Waals surface area contributed by atoms with Crippen LogP contribution in [0, 0.1) is 0 Å². The fraction of sp³-hybridized carbons (Fsp3) is 0.333. The first-order valence-corrected chi connectivity index (χ1v) is 2.25. The van der Waals surface area contributed by atoms with Crippen molar-refractivity contribution in [2.75, 3.05) is 7.11 Å². The summed E-state index contributed by atoms with van der Waals surface area (Å²) in [5.74, 6) is -0.875. The van der Waals surface area contributed by atoms with E-state index in [1.54, 1.807) is 0 Å². The smallest absolute Gasteiger partial charge is 0.386 e. The van der Waals surface area contributed by atoms with Gasteiger partial charge >= 0.3 is 10.7 Å². The molecule has 0 saturated heterocycles. The van der Waals surface area contributed by atoms with E-state index < -0.39 is 10.7 Å². The van der Waals surface area contributed by atoms with Gasteiger partial charge in [-0.25, -0.2) is 4.79 Å². The fourth-order valence-electron chi connectivity index (χ4n) is 0.0802. The number of ether oxygens (including phenoxy) is 1. The van der Waals surface area contributed by atoms with Gasteiger partial charge in [0.2, 0.25) is 0 Å². The Morgan fingerprint density at radius 3 is 2.00 bits per heavy atom. The highest BCUT2D eigenvalue weighted by atomic mass is 79.9. The molecule has 0 aromatic heterocycles. The molecule has 0 radical (unpaired) electrons. The summed E-state index contributed by atoms with van der Waals surface area (Å²) in [7, 11) is 1.14. The van der Waals surface area contributed by atoms with Crippen LogP contribution < -0.4 is 0 Å². The zero-order chi connectivity index (χ0) is 5.86. The van der Waals surface area contributed by atoms with Gasteiger partial charge in [0.15, 0.2) is 0 Å². The number of rotatable bonds is 1. The van der Waals surface area contributed by atoms with Gasteiger partial charge in [-0.05, 0) is 0 Å². The standard InChI is InChI=1S/C3H3BrO3/c1-7-3(6)2(4)5/h1H3. The van der Waals surface area contributed by atoms with Crippen LogP contribution in [0.1, 0.15) is 0 Å². The molecule has 0 saturated carbocycles. The van der Waals surface area contributed by atoms with Crippen LogP contribution in [0.15, 0.2) is 0 Å². The number of hydrogen-bond donors (Lipinski definition) is 0. The maximum atomic E-state index is 9.89. The van der Waals surface area contributed by atoms with Crippen molar-refractivity contribution in [3.05, 3.63) is 0 Å². The third-order valence-electron chi connectivity index (χ3n) is 0.346. The topological polar surface area (TPSA) is 43.4 Å². The predicted octanol–water partition coefficient (Wildman–Crippen LogP) is 0.0809. The van der Waals surface area contributed by atoms with E-state index in [1.807, 2.05) is 0 Å². The first kappa shape index (κ1) is 6.62. The molecule has 7 heavy (non-hydrogen) atoms. The van der Waals surface area contributed by atoms with Crippen molar-refractivity contribution in [2.24, 2.45) is 0 Å². The van der Waals surface area contributed by atoms with Crippen LogP contribution in [0.2, 0.25) is 0 Å². The van der Waals surface area contributed by atoms with Crippen molar-refractivity contribution in [3.8, 4) is 0 Å². The van der Waals surface area contributed by atoms with Crippen molar-refractivity contribution in [1.29, 1.82) is 0 Å². The lowest BCUT2D eigenvalue weighted by Gasteiger charge is -1.85. The average molecular weight is 167 g/mol. The van der Waals surface area contributed by atoms with Crippen LogP contribution in [-0.4, -0.2) is 17.8 Å². The highest BCUT2D eigenvalue weighted by Gasteiger charge is 2.06. The molecule has 0 aromatic carbocycles. The second-order valence-corrected chi connectivity index (χ2v) is 1.49. The lowest BCUT2D eigenvalue weighted by atomic mass is 10.8. The molecule has 40 valence electrons. The lowest BCUT2D eigenvalue weighted by molar-refractivity contribution is -0.147. The van der Waals surface area contributed by atoms with Gasteiger partial charge in [-0.2, -0.15) is 0 Å². The van der Waals surface area contributed by atoms with E-state index >= 15 is 0 Å². The Balaban J connectivity index is 3.58. The van der Waals surface area contributed by atoms with Gasteiger partial charge in [0.25, 0.3) is 0 Å². The van der Waals surface area contributed by atoms with Gasteiger partial charge in [0, 0.05) is 15.9 Å². The third-order valence-corrected chi connectivity index (χ3v) is 0.670. The summed E-state index contributed by atoms with van der Waals surface area (Å²) in [5, 5.41) is 0. The minimum Gasteiger partial charge on any atom is -0.463 e. The molecule has 0 bridgehead atoms. The van der Waals surface area contributed by atoms with Crippen molar-refractivity contribution >= 4 is 26.6 Å². The van der Waals surface area contributed by atoms with Gasteiger partial charge < -0.3 is 4.74 Å². The summed E-state index contributed by atoms with van der Waals surface area (Å²) >= 11 is 2.39. The van der Waals surface area contributed by atoms with Gasteiger partial charge in [0.05, 0.1) is 7.11 Å². The minimum atomic E-state index is -0.875. The number of methoxy groups -OCH3 is 1. The molecule has 0 spiro atoms. The average Bonchev–Trinajstić information content (AvgIpc) is 1.65. The van der Waals surface area contributed by atoms with Crippen LogP contribution in [0.25, 0.3) is 0 Å². The summed E-state index contributed by atoms with van der Waals surface area (Å²) in [6, 6.07) is 0. The number of esters is 1. The molecular formula is C3H3BrO3. The van der Waals surface area contributed by atoms with E-state index in [1.165, 1.54) is 0 Å². The molecule has 0 rings (SSSR count). The number of carbonyl (C=O) groups excluding carboxylic acids is 2. The first-order chi connectivity index (χ1) is 3.18. The van der Waals surface area contributed by atoms with Crippen LogP contribution in [0.3, 0.4) is 0 Å². The Labute approximate surface area is 48.8 Å². The monoisotopic (exact) mass is 166 g/mol. The lowest BCUT2D eigenvalue weighted by Crippen LogP contribution is -2.07. The number of hydrogen-bond acceptors (Lipinski definition) is 3. The zero-order valence-corrected chi connectivity index (χ0v) is 5.19. The van der Waals surface area contributed by atoms with Crippen molar-refractivity contribution in [3.63, 3.8) is 0 Å². The summed E-state index contributed by atoms with van der Waals surface area (Å²) in [6.07, 6.45) is 0. The van der Waals surface area contributed by atoms with E-state index in [2.05, 4.69) is 20.7 Å². The van der Waals surface area contributed by atoms with Crippen molar-refractivity contribution in [2.45, 2.75) is 0 Å². The molecule has 0 aromatic rings. The second-order valence-electron chi connectivity index (χ2n) is 0.765. The van der Waals surface area contributed by atoms with Gasteiger partial charge in [-0.1, -0.05) is 0 Å². The van der Waals surface area contributed by atoms with Gasteiger partial charge in [0.1, 0.15) is 0 Å². The molecule has 0 aliphatic carbocycles. The van der Waals surface area contributed by atoms with Crippen molar-refractivity contribution < 1.29 is 14.3 Å². The summed E-state index contributed by atoms with van der Waals surface area (Å²) in [4.78, 5) is 19.7. The third kappa shape index (κ3) is 2.33. The Bertz CT molecular complexity index is 98.4. The highest BCUT2D eigenvalue weighted by molar-refractivity contribution is 9.19. The van der Waals surface area contributed by atoms with Crippen LogP contribution in [0.4, 0.5) is 0 Å². The van der Waals surface area contributed by atoms with Crippen LogP contribution in [-0.2, 0) is 14.3 Å². The summed E-state index contributed by atoms with van der Waals surface area (Å²) in [5.41, 5.74) is 0. The Kier molecular flexibility index (Phi) is 2.59. The SMILES string of the molecule is COC(=O)C(=O)Br. The number of halogens is 1. The molecule has 4 heteroatoms. The maximum absolute atomic E-state index is 9.89. The Morgan fingerprint density at radius 1 is 1.57 bits per heavy atom. The molecule has 0 aliphatic rings. The highest BCUT2D eigenvalue weighted by Crippen LogP contribution is 1.84. The molecular weight excluding hydrogens is 164 g/mol. The Morgan fingerprint density at radius 2 is 2.00 bits per heavy atom. The maximum Gasteiger partial charge on any atom is 0.386 e. The Hall–Kier alpha value is -0.380. The normalized spacial score (nSPS) is 7.71. The molecule has 0 amide bonds. The first-order valence-electron chi connectivity index (χ1n) is 1.46. The predicted molar refractivity (Wildman–Crippen MR) is 25.9 cm³/mol. The second kappa shape index (κ2) is 2.74. The van der Waals surface area contributed by atoms with E-state index in [0.29, 0.717) is 0 Å². The fourth-order valence-corrected chi connectivity index (χ4v) is 0.242. The molecule has 0 unspecified atom stereocenters. The summed E-state index contributed by atoms with van der Waals surface area (Å²) < 4.78 is 3.22.